The number of nitrogens with zero attached hydrogens (tertiary/aromatic N) is 2. The molecule has 5 nitrogen and oxygen atoms in total. The van der Waals surface area contributed by atoms with Gasteiger partial charge in [-0.25, -0.2) is 9.18 Å². The quantitative estimate of drug-likeness (QED) is 0.742. The summed E-state index contributed by atoms with van der Waals surface area (Å²) in [5, 5.41) is 16.3. The monoisotopic (exact) mass is 259 g/mol. The molecule has 0 aliphatic heterocycles. The van der Waals surface area contributed by atoms with Crippen molar-refractivity contribution in [3.8, 4) is 11.3 Å². The molecule has 3 rings (SSSR count). The smallest absolute Gasteiger partial charge is 0.339 e. The van der Waals surface area contributed by atoms with Crippen LogP contribution < -0.4 is 0 Å². The summed E-state index contributed by atoms with van der Waals surface area (Å²) >= 11 is 0. The molecule has 1 aromatic carbocycles. The fraction of sp³-hybridized carbons (Fsp3) is 0.0769. The molecule has 0 aliphatic rings. The number of aromatic nitrogens is 3. The SMILES string of the molecule is Cn1cc(-c2[nH]ncc2C(=O)O)c2ccc(F)cc21. The van der Waals surface area contributed by atoms with E-state index < -0.39 is 5.97 Å². The van der Waals surface area contributed by atoms with Crippen LogP contribution in [0.2, 0.25) is 0 Å². The molecule has 3 aromatic rings. The Morgan fingerprint density at radius 3 is 3.00 bits per heavy atom. The first-order valence-corrected chi connectivity index (χ1v) is 5.59. The zero-order chi connectivity index (χ0) is 13.6. The van der Waals surface area contributed by atoms with E-state index >= 15 is 0 Å². The average molecular weight is 259 g/mol. The number of rotatable bonds is 2. The van der Waals surface area contributed by atoms with E-state index in [1.807, 2.05) is 0 Å². The van der Waals surface area contributed by atoms with Crippen molar-refractivity contribution in [2.75, 3.05) is 0 Å². The van der Waals surface area contributed by atoms with Gasteiger partial charge in [0.15, 0.2) is 0 Å². The fourth-order valence-corrected chi connectivity index (χ4v) is 2.21. The molecule has 6 heteroatoms. The van der Waals surface area contributed by atoms with Crippen LogP contribution in [0.3, 0.4) is 0 Å². The molecule has 0 aliphatic carbocycles. The molecule has 0 fully saturated rings. The maximum atomic E-state index is 13.2. The Labute approximate surface area is 107 Å². The number of aryl methyl sites for hydroxylation is 1. The van der Waals surface area contributed by atoms with Crippen molar-refractivity contribution >= 4 is 16.9 Å². The molecular weight excluding hydrogens is 249 g/mol. The number of hydrogen-bond acceptors (Lipinski definition) is 2. The van der Waals surface area contributed by atoms with E-state index in [-0.39, 0.29) is 11.4 Å². The Balaban J connectivity index is 2.31. The molecule has 0 amide bonds. The van der Waals surface area contributed by atoms with Gasteiger partial charge in [0, 0.05) is 24.2 Å². The van der Waals surface area contributed by atoms with Crippen LogP contribution in [-0.4, -0.2) is 25.8 Å². The highest BCUT2D eigenvalue weighted by molar-refractivity contribution is 6.02. The first-order valence-electron chi connectivity index (χ1n) is 5.59. The minimum absolute atomic E-state index is 0.0943. The second kappa shape index (κ2) is 3.94. The summed E-state index contributed by atoms with van der Waals surface area (Å²) in [6.07, 6.45) is 3.02. The van der Waals surface area contributed by atoms with E-state index in [9.17, 15) is 9.18 Å². The molecule has 0 radical (unpaired) electrons. The first kappa shape index (κ1) is 11.5. The van der Waals surface area contributed by atoms with Crippen molar-refractivity contribution in [2.24, 2.45) is 7.05 Å². The first-order chi connectivity index (χ1) is 9.08. The Kier molecular flexibility index (Phi) is 2.38. The summed E-state index contributed by atoms with van der Waals surface area (Å²) < 4.78 is 15.0. The highest BCUT2D eigenvalue weighted by Gasteiger charge is 2.18. The highest BCUT2D eigenvalue weighted by atomic mass is 19.1. The molecule has 2 heterocycles. The molecular formula is C13H10FN3O2. The lowest BCUT2D eigenvalue weighted by Crippen LogP contribution is -1.96. The normalized spacial score (nSPS) is 11.1. The average Bonchev–Trinajstić information content (AvgIpc) is 2.94. The van der Waals surface area contributed by atoms with Crippen molar-refractivity contribution < 1.29 is 14.3 Å². The van der Waals surface area contributed by atoms with Gasteiger partial charge in [0.2, 0.25) is 0 Å². The number of aromatic carboxylic acids is 1. The van der Waals surface area contributed by atoms with Crippen LogP contribution in [0.15, 0.2) is 30.6 Å². The van der Waals surface area contributed by atoms with E-state index in [1.165, 1.54) is 18.3 Å². The molecule has 0 saturated carbocycles. The summed E-state index contributed by atoms with van der Waals surface area (Å²) in [4.78, 5) is 11.1. The number of carbonyl (C=O) groups is 1. The number of carboxylic acids is 1. The van der Waals surface area contributed by atoms with Crippen LogP contribution in [0.5, 0.6) is 0 Å². The minimum Gasteiger partial charge on any atom is -0.478 e. The number of carboxylic acid groups (broad SMARTS) is 1. The molecule has 19 heavy (non-hydrogen) atoms. The number of nitrogens with one attached hydrogen (secondary N) is 1. The summed E-state index contributed by atoms with van der Waals surface area (Å²) in [6.45, 7) is 0. The Morgan fingerprint density at radius 2 is 2.26 bits per heavy atom. The Bertz CT molecular complexity index is 788. The van der Waals surface area contributed by atoms with E-state index in [4.69, 9.17) is 5.11 Å². The van der Waals surface area contributed by atoms with E-state index in [2.05, 4.69) is 10.2 Å². The van der Waals surface area contributed by atoms with Crippen LogP contribution >= 0.6 is 0 Å². The van der Waals surface area contributed by atoms with Gasteiger partial charge in [0.05, 0.1) is 17.4 Å². The second-order valence-electron chi connectivity index (χ2n) is 4.28. The summed E-state index contributed by atoms with van der Waals surface area (Å²) in [5.41, 5.74) is 1.90. The molecule has 2 aromatic heterocycles. The van der Waals surface area contributed by atoms with Crippen molar-refractivity contribution in [1.82, 2.24) is 14.8 Å². The van der Waals surface area contributed by atoms with Gasteiger partial charge in [0.25, 0.3) is 0 Å². The van der Waals surface area contributed by atoms with Gasteiger partial charge < -0.3 is 9.67 Å². The predicted molar refractivity (Wildman–Crippen MR) is 67.4 cm³/mol. The van der Waals surface area contributed by atoms with Crippen LogP contribution in [0.4, 0.5) is 4.39 Å². The molecule has 0 spiro atoms. The van der Waals surface area contributed by atoms with Gasteiger partial charge in [-0.05, 0) is 18.2 Å². The standard InChI is InChI=1S/C13H10FN3O2/c1-17-6-10(8-3-2-7(14)4-11(8)17)12-9(13(18)19)5-15-16-12/h2-6H,1H3,(H,15,16)(H,18,19). The third-order valence-electron chi connectivity index (χ3n) is 3.09. The predicted octanol–water partition coefficient (Wildman–Crippen LogP) is 2.41. The molecule has 0 atom stereocenters. The van der Waals surface area contributed by atoms with Crippen LogP contribution in [-0.2, 0) is 7.05 Å². The summed E-state index contributed by atoms with van der Waals surface area (Å²) in [7, 11) is 1.78. The van der Waals surface area contributed by atoms with Crippen molar-refractivity contribution in [3.63, 3.8) is 0 Å². The number of aromatic amines is 1. The zero-order valence-corrected chi connectivity index (χ0v) is 10.0. The van der Waals surface area contributed by atoms with Crippen LogP contribution in [0, 0.1) is 5.82 Å². The van der Waals surface area contributed by atoms with Crippen molar-refractivity contribution in [3.05, 3.63) is 42.0 Å². The van der Waals surface area contributed by atoms with Gasteiger partial charge in [-0.15, -0.1) is 0 Å². The van der Waals surface area contributed by atoms with Crippen molar-refractivity contribution in [2.45, 2.75) is 0 Å². The molecule has 96 valence electrons. The van der Waals surface area contributed by atoms with Gasteiger partial charge in [-0.3, -0.25) is 5.10 Å². The maximum absolute atomic E-state index is 13.2. The molecule has 2 N–H and O–H groups in total. The number of halogens is 1. The third kappa shape index (κ3) is 1.69. The number of H-pyrrole nitrogens is 1. The Morgan fingerprint density at radius 1 is 1.47 bits per heavy atom. The Hall–Kier alpha value is -2.63. The highest BCUT2D eigenvalue weighted by Crippen LogP contribution is 2.31. The number of benzene rings is 1. The lowest BCUT2D eigenvalue weighted by atomic mass is 10.1. The van der Waals surface area contributed by atoms with Gasteiger partial charge >= 0.3 is 5.97 Å². The number of fused-ring (bicyclic) bond motifs is 1. The third-order valence-corrected chi connectivity index (χ3v) is 3.09. The molecule has 0 saturated heterocycles. The lowest BCUT2D eigenvalue weighted by Gasteiger charge is -1.98. The summed E-state index contributed by atoms with van der Waals surface area (Å²) in [6, 6.07) is 4.39. The van der Waals surface area contributed by atoms with E-state index in [0.717, 1.165) is 5.39 Å². The lowest BCUT2D eigenvalue weighted by molar-refractivity contribution is 0.0698. The van der Waals surface area contributed by atoms with E-state index in [1.54, 1.807) is 23.9 Å². The van der Waals surface area contributed by atoms with Crippen LogP contribution in [0.1, 0.15) is 10.4 Å². The van der Waals surface area contributed by atoms with Crippen molar-refractivity contribution in [1.29, 1.82) is 0 Å². The largest absolute Gasteiger partial charge is 0.478 e. The summed E-state index contributed by atoms with van der Waals surface area (Å²) in [5.74, 6) is -1.38. The topological polar surface area (TPSA) is 70.9 Å². The second-order valence-corrected chi connectivity index (χ2v) is 4.28. The maximum Gasteiger partial charge on any atom is 0.339 e. The fourth-order valence-electron chi connectivity index (χ4n) is 2.21. The van der Waals surface area contributed by atoms with Crippen LogP contribution in [0.25, 0.3) is 22.2 Å². The number of hydrogen-bond donors (Lipinski definition) is 2. The van der Waals surface area contributed by atoms with Gasteiger partial charge in [0.1, 0.15) is 11.4 Å². The minimum atomic E-state index is -1.05. The van der Waals surface area contributed by atoms with E-state index in [0.29, 0.717) is 16.8 Å². The van der Waals surface area contributed by atoms with Gasteiger partial charge in [-0.1, -0.05) is 0 Å². The zero-order valence-electron chi connectivity index (χ0n) is 10.0. The molecule has 0 unspecified atom stereocenters. The molecule has 0 bridgehead atoms. The van der Waals surface area contributed by atoms with Gasteiger partial charge in [-0.2, -0.15) is 5.10 Å².